The zero-order chi connectivity index (χ0) is 13.9. The Morgan fingerprint density at radius 3 is 2.84 bits per heavy atom. The SMILES string of the molecule is CNCCNCC(C)(C)c1ccc2c(c1)CC(=O)N2. The van der Waals surface area contributed by atoms with E-state index in [4.69, 9.17) is 0 Å². The van der Waals surface area contributed by atoms with Crippen LogP contribution in [0.3, 0.4) is 0 Å². The summed E-state index contributed by atoms with van der Waals surface area (Å²) in [6.07, 6.45) is 0.506. The average molecular weight is 261 g/mol. The van der Waals surface area contributed by atoms with Gasteiger partial charge < -0.3 is 16.0 Å². The molecule has 0 saturated carbocycles. The molecule has 0 spiro atoms. The van der Waals surface area contributed by atoms with E-state index in [9.17, 15) is 4.79 Å². The van der Waals surface area contributed by atoms with Crippen molar-refractivity contribution in [3.05, 3.63) is 29.3 Å². The number of amides is 1. The summed E-state index contributed by atoms with van der Waals surface area (Å²) in [5.74, 6) is 0.0945. The van der Waals surface area contributed by atoms with Crippen LogP contribution in [-0.4, -0.2) is 32.6 Å². The molecular weight excluding hydrogens is 238 g/mol. The number of nitrogens with one attached hydrogen (secondary N) is 3. The number of fused-ring (bicyclic) bond motifs is 1. The standard InChI is InChI=1S/C15H23N3O/c1-15(2,10-17-7-6-16-3)12-4-5-13-11(8-12)9-14(19)18-13/h4-5,8,16-17H,6-7,9-10H2,1-3H3,(H,18,19). The number of carbonyl (C=O) groups is 1. The van der Waals surface area contributed by atoms with Crippen molar-refractivity contribution >= 4 is 11.6 Å². The Kier molecular flexibility index (Phi) is 4.22. The second-order valence-electron chi connectivity index (χ2n) is 5.76. The minimum atomic E-state index is 0.0639. The van der Waals surface area contributed by atoms with Crippen LogP contribution in [0.15, 0.2) is 18.2 Å². The third-order valence-corrected chi connectivity index (χ3v) is 3.63. The van der Waals surface area contributed by atoms with E-state index in [1.54, 1.807) is 0 Å². The molecule has 0 atom stereocenters. The van der Waals surface area contributed by atoms with E-state index in [0.717, 1.165) is 30.9 Å². The number of likely N-dealkylation sites (N-methyl/N-ethyl adjacent to an activating group) is 1. The van der Waals surface area contributed by atoms with E-state index in [1.165, 1.54) is 5.56 Å². The topological polar surface area (TPSA) is 53.2 Å². The molecular formula is C15H23N3O. The summed E-state index contributed by atoms with van der Waals surface area (Å²) >= 11 is 0. The highest BCUT2D eigenvalue weighted by Gasteiger charge is 2.24. The number of hydrogen-bond donors (Lipinski definition) is 3. The van der Waals surface area contributed by atoms with Gasteiger partial charge in [-0.25, -0.2) is 0 Å². The van der Waals surface area contributed by atoms with E-state index >= 15 is 0 Å². The predicted octanol–water partition coefficient (Wildman–Crippen LogP) is 1.27. The van der Waals surface area contributed by atoms with Crippen LogP contribution in [0.5, 0.6) is 0 Å². The first kappa shape index (κ1) is 14.0. The minimum Gasteiger partial charge on any atom is -0.326 e. The molecule has 0 aromatic heterocycles. The van der Waals surface area contributed by atoms with Gasteiger partial charge in [0.1, 0.15) is 0 Å². The molecule has 19 heavy (non-hydrogen) atoms. The Morgan fingerprint density at radius 2 is 2.11 bits per heavy atom. The molecule has 0 radical (unpaired) electrons. The van der Waals surface area contributed by atoms with Gasteiger partial charge in [-0.1, -0.05) is 26.0 Å². The molecule has 1 aliphatic rings. The summed E-state index contributed by atoms with van der Waals surface area (Å²) in [5.41, 5.74) is 3.42. The fraction of sp³-hybridized carbons (Fsp3) is 0.533. The largest absolute Gasteiger partial charge is 0.326 e. The number of rotatable bonds is 6. The van der Waals surface area contributed by atoms with Crippen LogP contribution in [0.25, 0.3) is 0 Å². The Labute approximate surface area is 115 Å². The average Bonchev–Trinajstić information content (AvgIpc) is 2.73. The second kappa shape index (κ2) is 5.72. The maximum atomic E-state index is 11.4. The van der Waals surface area contributed by atoms with Crippen LogP contribution in [0.4, 0.5) is 5.69 Å². The first-order valence-corrected chi connectivity index (χ1v) is 6.81. The molecule has 1 aromatic rings. The fourth-order valence-corrected chi connectivity index (χ4v) is 2.37. The molecule has 4 nitrogen and oxygen atoms in total. The summed E-state index contributed by atoms with van der Waals surface area (Å²) < 4.78 is 0. The normalized spacial score (nSPS) is 14.4. The molecule has 0 unspecified atom stereocenters. The van der Waals surface area contributed by atoms with Crippen molar-refractivity contribution in [2.45, 2.75) is 25.7 Å². The Bertz CT molecular complexity index is 468. The van der Waals surface area contributed by atoms with Crippen LogP contribution < -0.4 is 16.0 Å². The van der Waals surface area contributed by atoms with E-state index in [-0.39, 0.29) is 11.3 Å². The van der Waals surface area contributed by atoms with Gasteiger partial charge in [0.25, 0.3) is 0 Å². The van der Waals surface area contributed by atoms with Crippen LogP contribution >= 0.6 is 0 Å². The van der Waals surface area contributed by atoms with E-state index in [0.29, 0.717) is 6.42 Å². The van der Waals surface area contributed by atoms with Gasteiger partial charge in [0, 0.05) is 30.7 Å². The van der Waals surface area contributed by atoms with Gasteiger partial charge in [0.2, 0.25) is 5.91 Å². The van der Waals surface area contributed by atoms with Gasteiger partial charge in [-0.3, -0.25) is 4.79 Å². The molecule has 104 valence electrons. The van der Waals surface area contributed by atoms with E-state index in [1.807, 2.05) is 13.1 Å². The lowest BCUT2D eigenvalue weighted by Crippen LogP contribution is -2.36. The summed E-state index contributed by atoms with van der Waals surface area (Å²) in [7, 11) is 1.96. The van der Waals surface area contributed by atoms with Gasteiger partial charge in [0.05, 0.1) is 6.42 Å². The molecule has 0 aliphatic carbocycles. The van der Waals surface area contributed by atoms with E-state index in [2.05, 4.69) is 41.9 Å². The lowest BCUT2D eigenvalue weighted by Gasteiger charge is -2.26. The van der Waals surface area contributed by atoms with Crippen molar-refractivity contribution in [1.82, 2.24) is 10.6 Å². The number of benzene rings is 1. The summed E-state index contributed by atoms with van der Waals surface area (Å²) in [5, 5.41) is 9.45. The van der Waals surface area contributed by atoms with Gasteiger partial charge >= 0.3 is 0 Å². The molecule has 0 saturated heterocycles. The lowest BCUT2D eigenvalue weighted by atomic mass is 9.83. The van der Waals surface area contributed by atoms with Crippen LogP contribution in [0.2, 0.25) is 0 Å². The van der Waals surface area contributed by atoms with Gasteiger partial charge in [-0.15, -0.1) is 0 Å². The fourth-order valence-electron chi connectivity index (χ4n) is 2.37. The van der Waals surface area contributed by atoms with Crippen molar-refractivity contribution in [1.29, 1.82) is 0 Å². The monoisotopic (exact) mass is 261 g/mol. The molecule has 1 aromatic carbocycles. The van der Waals surface area contributed by atoms with Gasteiger partial charge in [-0.05, 0) is 24.2 Å². The third-order valence-electron chi connectivity index (χ3n) is 3.63. The number of anilines is 1. The predicted molar refractivity (Wildman–Crippen MR) is 78.6 cm³/mol. The molecule has 1 heterocycles. The van der Waals surface area contributed by atoms with Crippen molar-refractivity contribution in [3.8, 4) is 0 Å². The highest BCUT2D eigenvalue weighted by atomic mass is 16.1. The summed E-state index contributed by atoms with van der Waals surface area (Å²) in [6, 6.07) is 6.29. The van der Waals surface area contributed by atoms with Crippen molar-refractivity contribution in [2.75, 3.05) is 32.0 Å². The number of hydrogen-bond acceptors (Lipinski definition) is 3. The molecule has 0 fully saturated rings. The molecule has 3 N–H and O–H groups in total. The van der Waals surface area contributed by atoms with E-state index < -0.39 is 0 Å². The molecule has 4 heteroatoms. The maximum Gasteiger partial charge on any atom is 0.228 e. The summed E-state index contributed by atoms with van der Waals surface area (Å²) in [4.78, 5) is 11.4. The second-order valence-corrected chi connectivity index (χ2v) is 5.76. The quantitative estimate of drug-likeness (QED) is 0.676. The van der Waals surface area contributed by atoms with Crippen molar-refractivity contribution in [2.24, 2.45) is 0 Å². The molecule has 1 amide bonds. The zero-order valence-electron chi connectivity index (χ0n) is 12.0. The maximum absolute atomic E-state index is 11.4. The smallest absolute Gasteiger partial charge is 0.228 e. The molecule has 2 rings (SSSR count). The number of carbonyl (C=O) groups excluding carboxylic acids is 1. The zero-order valence-corrected chi connectivity index (χ0v) is 12.0. The van der Waals surface area contributed by atoms with Crippen molar-refractivity contribution in [3.63, 3.8) is 0 Å². The third kappa shape index (κ3) is 3.33. The highest BCUT2D eigenvalue weighted by Crippen LogP contribution is 2.29. The molecule has 0 bridgehead atoms. The Balaban J connectivity index is 2.04. The Hall–Kier alpha value is -1.39. The Morgan fingerprint density at radius 1 is 1.32 bits per heavy atom. The highest BCUT2D eigenvalue weighted by molar-refractivity contribution is 5.99. The van der Waals surface area contributed by atoms with Crippen LogP contribution in [0, 0.1) is 0 Å². The first-order chi connectivity index (χ1) is 9.03. The summed E-state index contributed by atoms with van der Waals surface area (Å²) in [6.45, 7) is 7.31. The first-order valence-electron chi connectivity index (χ1n) is 6.81. The lowest BCUT2D eigenvalue weighted by molar-refractivity contribution is -0.115. The van der Waals surface area contributed by atoms with Crippen LogP contribution in [-0.2, 0) is 16.6 Å². The minimum absolute atomic E-state index is 0.0639. The van der Waals surface area contributed by atoms with Crippen molar-refractivity contribution < 1.29 is 4.79 Å². The van der Waals surface area contributed by atoms with Gasteiger partial charge in [0.15, 0.2) is 0 Å². The van der Waals surface area contributed by atoms with Gasteiger partial charge in [-0.2, -0.15) is 0 Å². The van der Waals surface area contributed by atoms with Crippen LogP contribution in [0.1, 0.15) is 25.0 Å². The molecule has 1 aliphatic heterocycles.